The van der Waals surface area contributed by atoms with Gasteiger partial charge in [0.25, 0.3) is 0 Å². The molecule has 0 radical (unpaired) electrons. The molecule has 2 amide bonds. The summed E-state index contributed by atoms with van der Waals surface area (Å²) in [5.74, 6) is 0.00255. The Morgan fingerprint density at radius 2 is 1.71 bits per heavy atom. The van der Waals surface area contributed by atoms with Crippen LogP contribution in [0.2, 0.25) is 10.0 Å². The first-order valence-electron chi connectivity index (χ1n) is 9.33. The van der Waals surface area contributed by atoms with Gasteiger partial charge >= 0.3 is 0 Å². The zero-order chi connectivity index (χ0) is 20.7. The van der Waals surface area contributed by atoms with Gasteiger partial charge in [-0.1, -0.05) is 73.4 Å². The lowest BCUT2D eigenvalue weighted by Gasteiger charge is -2.29. The van der Waals surface area contributed by atoms with Crippen molar-refractivity contribution < 1.29 is 9.59 Å². The molecule has 2 aromatic carbocycles. The third-order valence-electron chi connectivity index (χ3n) is 4.40. The molecule has 28 heavy (non-hydrogen) atoms. The second-order valence-corrected chi connectivity index (χ2v) is 8.08. The van der Waals surface area contributed by atoms with E-state index in [-0.39, 0.29) is 18.2 Å². The fourth-order valence-electron chi connectivity index (χ4n) is 2.74. The molecule has 4 nitrogen and oxygen atoms in total. The predicted octanol–water partition coefficient (Wildman–Crippen LogP) is 4.73. The highest BCUT2D eigenvalue weighted by Gasteiger charge is 2.26. The van der Waals surface area contributed by atoms with Crippen LogP contribution in [-0.2, 0) is 22.6 Å². The summed E-state index contributed by atoms with van der Waals surface area (Å²) >= 11 is 12.2. The Balaban J connectivity index is 2.20. The van der Waals surface area contributed by atoms with Crippen molar-refractivity contribution in [1.82, 2.24) is 10.2 Å². The maximum atomic E-state index is 13.1. The molecule has 1 N–H and O–H groups in total. The molecule has 0 aliphatic carbocycles. The first-order valence-corrected chi connectivity index (χ1v) is 10.1. The number of benzene rings is 2. The largest absolute Gasteiger partial charge is 0.354 e. The van der Waals surface area contributed by atoms with Gasteiger partial charge in [-0.3, -0.25) is 9.59 Å². The fourth-order valence-corrected chi connectivity index (χ4v) is 3.22. The highest BCUT2D eigenvalue weighted by Crippen LogP contribution is 2.22. The van der Waals surface area contributed by atoms with Crippen LogP contribution in [0.1, 0.15) is 31.9 Å². The number of halogens is 2. The van der Waals surface area contributed by atoms with Crippen LogP contribution < -0.4 is 5.32 Å². The van der Waals surface area contributed by atoms with Crippen molar-refractivity contribution in [3.63, 3.8) is 0 Å². The Hall–Kier alpha value is -2.04. The van der Waals surface area contributed by atoms with Crippen molar-refractivity contribution in [2.45, 2.75) is 39.8 Å². The molecule has 2 aromatic rings. The molecule has 1 atom stereocenters. The van der Waals surface area contributed by atoms with Crippen molar-refractivity contribution >= 4 is 35.0 Å². The lowest BCUT2D eigenvalue weighted by molar-refractivity contribution is -0.140. The van der Waals surface area contributed by atoms with E-state index in [1.54, 1.807) is 30.0 Å². The van der Waals surface area contributed by atoms with E-state index in [1.807, 2.05) is 44.2 Å². The molecule has 6 heteroatoms. The highest BCUT2D eigenvalue weighted by atomic mass is 35.5. The molecule has 0 fully saturated rings. The molecule has 0 aliphatic heterocycles. The van der Waals surface area contributed by atoms with E-state index in [4.69, 9.17) is 23.2 Å². The molecule has 0 bridgehead atoms. The number of carbonyl (C=O) groups excluding carboxylic acids is 2. The molecule has 0 saturated heterocycles. The molecule has 0 aromatic heterocycles. The number of rotatable bonds is 8. The van der Waals surface area contributed by atoms with Crippen LogP contribution in [0.3, 0.4) is 0 Å². The van der Waals surface area contributed by atoms with Crippen molar-refractivity contribution in [2.24, 2.45) is 5.92 Å². The van der Waals surface area contributed by atoms with E-state index in [1.165, 1.54) is 0 Å². The number of carbonyl (C=O) groups is 2. The molecule has 2 rings (SSSR count). The monoisotopic (exact) mass is 420 g/mol. The Labute approximate surface area is 176 Å². The van der Waals surface area contributed by atoms with Gasteiger partial charge in [-0.2, -0.15) is 0 Å². The number of amides is 2. The Morgan fingerprint density at radius 3 is 2.32 bits per heavy atom. The van der Waals surface area contributed by atoms with Crippen LogP contribution in [0.25, 0.3) is 0 Å². The minimum Gasteiger partial charge on any atom is -0.354 e. The van der Waals surface area contributed by atoms with Crippen LogP contribution in [0, 0.1) is 5.92 Å². The quantitative estimate of drug-likeness (QED) is 0.670. The topological polar surface area (TPSA) is 49.4 Å². The first-order chi connectivity index (χ1) is 13.3. The molecule has 0 saturated carbocycles. The van der Waals surface area contributed by atoms with Crippen LogP contribution in [0.5, 0.6) is 0 Å². The molecule has 0 aliphatic rings. The van der Waals surface area contributed by atoms with E-state index < -0.39 is 6.04 Å². The Bertz CT molecular complexity index is 809. The molecule has 0 spiro atoms. The fraction of sp³-hybridized carbons (Fsp3) is 0.364. The maximum absolute atomic E-state index is 13.1. The van der Waals surface area contributed by atoms with Gasteiger partial charge < -0.3 is 10.2 Å². The summed E-state index contributed by atoms with van der Waals surface area (Å²) < 4.78 is 0. The number of hydrogen-bond acceptors (Lipinski definition) is 2. The van der Waals surface area contributed by atoms with Gasteiger partial charge in [0.05, 0.1) is 6.42 Å². The van der Waals surface area contributed by atoms with Crippen LogP contribution in [-0.4, -0.2) is 29.3 Å². The summed E-state index contributed by atoms with van der Waals surface area (Å²) in [4.78, 5) is 27.3. The lowest BCUT2D eigenvalue weighted by atomic mass is 10.1. The SMILES string of the molecule is CC(C)CNC(=O)C(C)N(Cc1ccccc1)C(=O)Cc1ccc(Cl)cc1Cl. The normalized spacial score (nSPS) is 11.9. The minimum atomic E-state index is -0.600. The van der Waals surface area contributed by atoms with Gasteiger partial charge in [-0.15, -0.1) is 0 Å². The summed E-state index contributed by atoms with van der Waals surface area (Å²) in [5.41, 5.74) is 1.64. The molecular formula is C22H26Cl2N2O2. The van der Waals surface area contributed by atoms with Gasteiger partial charge in [0.15, 0.2) is 0 Å². The van der Waals surface area contributed by atoms with Gasteiger partial charge in [0.1, 0.15) is 6.04 Å². The summed E-state index contributed by atoms with van der Waals surface area (Å²) in [7, 11) is 0. The molecule has 1 unspecified atom stereocenters. The number of hydrogen-bond donors (Lipinski definition) is 1. The molecule has 150 valence electrons. The van der Waals surface area contributed by atoms with Crippen molar-refractivity contribution in [3.8, 4) is 0 Å². The smallest absolute Gasteiger partial charge is 0.242 e. The van der Waals surface area contributed by atoms with Crippen LogP contribution in [0.4, 0.5) is 0 Å². The van der Waals surface area contributed by atoms with Gasteiger partial charge in [-0.05, 0) is 36.1 Å². The van der Waals surface area contributed by atoms with Crippen molar-refractivity contribution in [2.75, 3.05) is 6.54 Å². The van der Waals surface area contributed by atoms with E-state index in [9.17, 15) is 9.59 Å². The average molecular weight is 421 g/mol. The summed E-state index contributed by atoms with van der Waals surface area (Å²) in [6.07, 6.45) is 0.102. The standard InChI is InChI=1S/C22H26Cl2N2O2/c1-15(2)13-25-22(28)16(3)26(14-17-7-5-4-6-8-17)21(27)11-18-9-10-19(23)12-20(18)24/h4-10,12,15-16H,11,13-14H2,1-3H3,(H,25,28). The summed E-state index contributed by atoms with van der Waals surface area (Å²) in [6.45, 7) is 6.72. The zero-order valence-electron chi connectivity index (χ0n) is 16.4. The van der Waals surface area contributed by atoms with Gasteiger partial charge in [0, 0.05) is 23.1 Å². The highest BCUT2D eigenvalue weighted by molar-refractivity contribution is 6.35. The second kappa shape index (κ2) is 10.5. The predicted molar refractivity (Wildman–Crippen MR) is 114 cm³/mol. The van der Waals surface area contributed by atoms with Crippen molar-refractivity contribution in [3.05, 3.63) is 69.7 Å². The van der Waals surface area contributed by atoms with Crippen molar-refractivity contribution in [1.29, 1.82) is 0 Å². The second-order valence-electron chi connectivity index (χ2n) is 7.23. The summed E-state index contributed by atoms with van der Waals surface area (Å²) in [5, 5.41) is 3.87. The van der Waals surface area contributed by atoms with E-state index in [2.05, 4.69) is 5.32 Å². The van der Waals surface area contributed by atoms with E-state index in [0.29, 0.717) is 34.6 Å². The maximum Gasteiger partial charge on any atom is 0.242 e. The third kappa shape index (κ3) is 6.54. The molecule has 0 heterocycles. The average Bonchev–Trinajstić information content (AvgIpc) is 2.66. The summed E-state index contributed by atoms with van der Waals surface area (Å²) in [6, 6.07) is 14.1. The molecular weight excluding hydrogens is 395 g/mol. The van der Waals surface area contributed by atoms with E-state index in [0.717, 1.165) is 5.56 Å². The van der Waals surface area contributed by atoms with Gasteiger partial charge in [-0.25, -0.2) is 0 Å². The minimum absolute atomic E-state index is 0.102. The lowest BCUT2D eigenvalue weighted by Crippen LogP contribution is -2.48. The zero-order valence-corrected chi connectivity index (χ0v) is 17.9. The van der Waals surface area contributed by atoms with E-state index >= 15 is 0 Å². The Kier molecular flexibility index (Phi) is 8.34. The number of nitrogens with one attached hydrogen (secondary N) is 1. The Morgan fingerprint density at radius 1 is 1.04 bits per heavy atom. The third-order valence-corrected chi connectivity index (χ3v) is 4.99. The first kappa shape index (κ1) is 22.3. The number of nitrogens with zero attached hydrogens (tertiary/aromatic N) is 1. The van der Waals surface area contributed by atoms with Crippen LogP contribution in [0.15, 0.2) is 48.5 Å². The van der Waals surface area contributed by atoms with Gasteiger partial charge in [0.2, 0.25) is 11.8 Å². The van der Waals surface area contributed by atoms with Crippen LogP contribution >= 0.6 is 23.2 Å².